The number of ether oxygens (including phenoxy) is 2. The van der Waals surface area contributed by atoms with Gasteiger partial charge in [-0.2, -0.15) is 0 Å². The van der Waals surface area contributed by atoms with Crippen LogP contribution in [0.4, 0.5) is 0 Å². The van der Waals surface area contributed by atoms with Gasteiger partial charge in [0.1, 0.15) is 6.79 Å². The Morgan fingerprint density at radius 2 is 1.33 bits per heavy atom. The maximum absolute atomic E-state index is 5.06. The van der Waals surface area contributed by atoms with Crippen LogP contribution in [0.5, 0.6) is 0 Å². The Kier molecular flexibility index (Phi) is 7.85. The van der Waals surface area contributed by atoms with E-state index in [4.69, 9.17) is 9.47 Å². The van der Waals surface area contributed by atoms with E-state index in [-0.39, 0.29) is 0 Å². The molecule has 0 rings (SSSR count). The number of hydrogen-bond donors (Lipinski definition) is 0. The summed E-state index contributed by atoms with van der Waals surface area (Å²) in [6.07, 6.45) is 2.13. The molecule has 0 heterocycles. The molecule has 0 saturated heterocycles. The Bertz CT molecular complexity index is 40.2. The molecule has 0 spiro atoms. The standard InChI is InChI=1S/C7H16O2/c1-3-5-8-7-9-6-4-2/h3-7H2,1-2H3. The molecular formula is C7H16O2. The van der Waals surface area contributed by atoms with Crippen LogP contribution in [0.25, 0.3) is 0 Å². The van der Waals surface area contributed by atoms with Crippen molar-refractivity contribution in [2.24, 2.45) is 0 Å². The molecule has 9 heavy (non-hydrogen) atoms. The van der Waals surface area contributed by atoms with Crippen LogP contribution in [0.1, 0.15) is 26.7 Å². The van der Waals surface area contributed by atoms with Crippen molar-refractivity contribution >= 4 is 0 Å². The molecular weight excluding hydrogens is 116 g/mol. The van der Waals surface area contributed by atoms with Crippen LogP contribution >= 0.6 is 0 Å². The molecule has 0 aliphatic rings. The van der Waals surface area contributed by atoms with Gasteiger partial charge in [-0.15, -0.1) is 0 Å². The maximum atomic E-state index is 5.06. The summed E-state index contributed by atoms with van der Waals surface area (Å²) in [5.41, 5.74) is 0. The molecule has 0 fully saturated rings. The third-order valence-corrected chi connectivity index (χ3v) is 0.864. The highest BCUT2D eigenvalue weighted by Crippen LogP contribution is 1.83. The topological polar surface area (TPSA) is 18.5 Å². The summed E-state index contributed by atoms with van der Waals surface area (Å²) in [7, 11) is 0. The van der Waals surface area contributed by atoms with Crippen molar-refractivity contribution in [2.75, 3.05) is 20.0 Å². The van der Waals surface area contributed by atoms with Crippen LogP contribution < -0.4 is 0 Å². The molecule has 2 heteroatoms. The van der Waals surface area contributed by atoms with Gasteiger partial charge in [0, 0.05) is 13.2 Å². The van der Waals surface area contributed by atoms with Gasteiger partial charge < -0.3 is 9.47 Å². The average Bonchev–Trinajstić information content (AvgIpc) is 1.89. The first-order chi connectivity index (χ1) is 4.41. The molecule has 0 bridgehead atoms. The van der Waals surface area contributed by atoms with Crippen molar-refractivity contribution in [3.05, 3.63) is 0 Å². The van der Waals surface area contributed by atoms with E-state index in [9.17, 15) is 0 Å². The summed E-state index contributed by atoms with van der Waals surface area (Å²) in [5.74, 6) is 0. The minimum atomic E-state index is 0.460. The monoisotopic (exact) mass is 132 g/mol. The minimum Gasteiger partial charge on any atom is -0.355 e. The van der Waals surface area contributed by atoms with E-state index >= 15 is 0 Å². The Morgan fingerprint density at radius 1 is 0.889 bits per heavy atom. The Morgan fingerprint density at radius 3 is 1.67 bits per heavy atom. The fourth-order valence-corrected chi connectivity index (χ4v) is 0.465. The average molecular weight is 132 g/mol. The second-order valence-corrected chi connectivity index (χ2v) is 1.93. The van der Waals surface area contributed by atoms with Gasteiger partial charge in [-0.05, 0) is 12.8 Å². The lowest BCUT2D eigenvalue weighted by Crippen LogP contribution is -2.00. The largest absolute Gasteiger partial charge is 0.355 e. The Labute approximate surface area is 57.2 Å². The molecule has 0 aliphatic heterocycles. The van der Waals surface area contributed by atoms with Gasteiger partial charge in [0.2, 0.25) is 0 Å². The van der Waals surface area contributed by atoms with Gasteiger partial charge in [-0.3, -0.25) is 0 Å². The van der Waals surface area contributed by atoms with E-state index in [0.29, 0.717) is 6.79 Å². The van der Waals surface area contributed by atoms with Crippen LogP contribution in [-0.4, -0.2) is 20.0 Å². The SMILES string of the molecule is CCCOCOCCC. The second-order valence-electron chi connectivity index (χ2n) is 1.93. The summed E-state index contributed by atoms with van der Waals surface area (Å²) in [5, 5.41) is 0. The fraction of sp³-hybridized carbons (Fsp3) is 1.00. The smallest absolute Gasteiger partial charge is 0.146 e. The van der Waals surface area contributed by atoms with Crippen molar-refractivity contribution in [3.63, 3.8) is 0 Å². The van der Waals surface area contributed by atoms with Gasteiger partial charge in [0.25, 0.3) is 0 Å². The zero-order chi connectivity index (χ0) is 6.95. The second kappa shape index (κ2) is 7.92. The zero-order valence-corrected chi connectivity index (χ0v) is 6.35. The van der Waals surface area contributed by atoms with Gasteiger partial charge >= 0.3 is 0 Å². The number of rotatable bonds is 6. The summed E-state index contributed by atoms with van der Waals surface area (Å²) in [6.45, 7) is 6.24. The first kappa shape index (κ1) is 8.92. The van der Waals surface area contributed by atoms with Crippen LogP contribution in [-0.2, 0) is 9.47 Å². The summed E-state index contributed by atoms with van der Waals surface area (Å²) >= 11 is 0. The summed E-state index contributed by atoms with van der Waals surface area (Å²) in [4.78, 5) is 0. The molecule has 0 aromatic heterocycles. The predicted octanol–water partition coefficient (Wildman–Crippen LogP) is 1.80. The van der Waals surface area contributed by atoms with Crippen LogP contribution in [0, 0.1) is 0 Å². The molecule has 0 radical (unpaired) electrons. The van der Waals surface area contributed by atoms with Gasteiger partial charge in [-0.1, -0.05) is 13.8 Å². The van der Waals surface area contributed by atoms with Gasteiger partial charge in [-0.25, -0.2) is 0 Å². The van der Waals surface area contributed by atoms with Gasteiger partial charge in [0.05, 0.1) is 0 Å². The number of hydrogen-bond acceptors (Lipinski definition) is 2. The third-order valence-electron chi connectivity index (χ3n) is 0.864. The van der Waals surface area contributed by atoms with E-state index in [0.717, 1.165) is 26.1 Å². The van der Waals surface area contributed by atoms with E-state index in [1.807, 2.05) is 0 Å². The van der Waals surface area contributed by atoms with Crippen LogP contribution in [0.15, 0.2) is 0 Å². The normalized spacial score (nSPS) is 10.0. The quantitative estimate of drug-likeness (QED) is 0.405. The molecule has 0 aromatic carbocycles. The van der Waals surface area contributed by atoms with Crippen molar-refractivity contribution in [1.82, 2.24) is 0 Å². The van der Waals surface area contributed by atoms with E-state index in [2.05, 4.69) is 13.8 Å². The maximum Gasteiger partial charge on any atom is 0.146 e. The first-order valence-electron chi connectivity index (χ1n) is 3.57. The molecule has 0 aliphatic carbocycles. The van der Waals surface area contributed by atoms with Gasteiger partial charge in [0.15, 0.2) is 0 Å². The Hall–Kier alpha value is -0.0800. The van der Waals surface area contributed by atoms with Crippen LogP contribution in [0.3, 0.4) is 0 Å². The zero-order valence-electron chi connectivity index (χ0n) is 6.35. The molecule has 0 unspecified atom stereocenters. The summed E-state index contributed by atoms with van der Waals surface area (Å²) in [6, 6.07) is 0. The van der Waals surface area contributed by atoms with E-state index in [1.54, 1.807) is 0 Å². The Balaban J connectivity index is 2.60. The van der Waals surface area contributed by atoms with Crippen molar-refractivity contribution in [2.45, 2.75) is 26.7 Å². The third kappa shape index (κ3) is 7.92. The highest BCUT2D eigenvalue weighted by molar-refractivity contribution is 4.22. The molecule has 0 N–H and O–H groups in total. The molecule has 0 amide bonds. The molecule has 0 atom stereocenters. The molecule has 56 valence electrons. The van der Waals surface area contributed by atoms with Crippen molar-refractivity contribution < 1.29 is 9.47 Å². The van der Waals surface area contributed by atoms with Crippen molar-refractivity contribution in [3.8, 4) is 0 Å². The lowest BCUT2D eigenvalue weighted by Gasteiger charge is -2.01. The van der Waals surface area contributed by atoms with E-state index in [1.165, 1.54) is 0 Å². The molecule has 0 aromatic rings. The first-order valence-corrected chi connectivity index (χ1v) is 3.57. The lowest BCUT2D eigenvalue weighted by molar-refractivity contribution is -0.0531. The van der Waals surface area contributed by atoms with E-state index < -0.39 is 0 Å². The minimum absolute atomic E-state index is 0.460. The molecule has 0 saturated carbocycles. The van der Waals surface area contributed by atoms with Crippen LogP contribution in [0.2, 0.25) is 0 Å². The fourth-order valence-electron chi connectivity index (χ4n) is 0.465. The predicted molar refractivity (Wildman–Crippen MR) is 37.4 cm³/mol. The molecule has 2 nitrogen and oxygen atoms in total. The highest BCUT2D eigenvalue weighted by Gasteiger charge is 1.83. The van der Waals surface area contributed by atoms with Crippen molar-refractivity contribution in [1.29, 1.82) is 0 Å². The summed E-state index contributed by atoms with van der Waals surface area (Å²) < 4.78 is 10.1. The highest BCUT2D eigenvalue weighted by atomic mass is 16.7. The lowest BCUT2D eigenvalue weighted by atomic mass is 10.5.